The molecule has 0 spiro atoms. The van der Waals surface area contributed by atoms with Crippen molar-refractivity contribution < 1.29 is 0 Å². The van der Waals surface area contributed by atoms with E-state index in [0.717, 1.165) is 17.4 Å². The van der Waals surface area contributed by atoms with Gasteiger partial charge in [-0.1, -0.05) is 40.6 Å². The molecule has 1 N–H and O–H groups in total. The number of hydrogen-bond donors (Lipinski definition) is 1. The molecule has 0 fully saturated rings. The summed E-state index contributed by atoms with van der Waals surface area (Å²) >= 11 is 3.51. The predicted molar refractivity (Wildman–Crippen MR) is 79.3 cm³/mol. The second-order valence-corrected chi connectivity index (χ2v) is 5.59. The van der Waals surface area contributed by atoms with E-state index in [9.17, 15) is 0 Å². The zero-order chi connectivity index (χ0) is 12.8. The van der Waals surface area contributed by atoms with Crippen molar-refractivity contribution in [2.75, 3.05) is 6.54 Å². The van der Waals surface area contributed by atoms with Gasteiger partial charge in [-0.25, -0.2) is 0 Å². The third-order valence-electron chi connectivity index (χ3n) is 2.68. The summed E-state index contributed by atoms with van der Waals surface area (Å²) in [6.07, 6.45) is 3.45. The molecule has 0 aliphatic heterocycles. The SMILES string of the molecule is CCCNC(C=C(C)C)c1ccc(Br)cc1C. The van der Waals surface area contributed by atoms with E-state index >= 15 is 0 Å². The van der Waals surface area contributed by atoms with Crippen LogP contribution in [0.15, 0.2) is 34.3 Å². The highest BCUT2D eigenvalue weighted by Gasteiger charge is 2.10. The number of rotatable bonds is 5. The summed E-state index contributed by atoms with van der Waals surface area (Å²) in [4.78, 5) is 0. The second-order valence-electron chi connectivity index (χ2n) is 4.68. The number of hydrogen-bond acceptors (Lipinski definition) is 1. The van der Waals surface area contributed by atoms with Crippen LogP contribution in [0.25, 0.3) is 0 Å². The monoisotopic (exact) mass is 295 g/mol. The summed E-state index contributed by atoms with van der Waals surface area (Å²) in [6, 6.07) is 6.82. The Kier molecular flexibility index (Phi) is 5.93. The Morgan fingerprint density at radius 2 is 2.12 bits per heavy atom. The van der Waals surface area contributed by atoms with Crippen molar-refractivity contribution in [2.45, 2.75) is 40.2 Å². The maximum atomic E-state index is 3.59. The molecule has 1 nitrogen and oxygen atoms in total. The van der Waals surface area contributed by atoms with Crippen LogP contribution in [0.1, 0.15) is 44.4 Å². The van der Waals surface area contributed by atoms with E-state index in [4.69, 9.17) is 0 Å². The molecule has 0 radical (unpaired) electrons. The van der Waals surface area contributed by atoms with Crippen molar-refractivity contribution in [2.24, 2.45) is 0 Å². The molecule has 1 atom stereocenters. The van der Waals surface area contributed by atoms with Gasteiger partial charge in [0, 0.05) is 4.47 Å². The van der Waals surface area contributed by atoms with Gasteiger partial charge in [-0.15, -0.1) is 0 Å². The Morgan fingerprint density at radius 1 is 1.41 bits per heavy atom. The summed E-state index contributed by atoms with van der Waals surface area (Å²) < 4.78 is 1.14. The molecule has 0 saturated heterocycles. The molecule has 0 heterocycles. The molecule has 0 aliphatic carbocycles. The third kappa shape index (κ3) is 4.64. The van der Waals surface area contributed by atoms with Crippen LogP contribution in [-0.4, -0.2) is 6.54 Å². The quantitative estimate of drug-likeness (QED) is 0.772. The van der Waals surface area contributed by atoms with Crippen LogP contribution in [0, 0.1) is 6.92 Å². The minimum atomic E-state index is 0.327. The molecule has 0 saturated carbocycles. The van der Waals surface area contributed by atoms with E-state index in [-0.39, 0.29) is 0 Å². The van der Waals surface area contributed by atoms with Crippen molar-refractivity contribution in [1.82, 2.24) is 5.32 Å². The average Bonchev–Trinajstić information content (AvgIpc) is 2.24. The van der Waals surface area contributed by atoms with Crippen LogP contribution in [0.2, 0.25) is 0 Å². The largest absolute Gasteiger partial charge is 0.307 e. The number of halogens is 1. The number of aryl methyl sites for hydroxylation is 1. The van der Waals surface area contributed by atoms with Gasteiger partial charge < -0.3 is 5.32 Å². The van der Waals surface area contributed by atoms with Crippen molar-refractivity contribution in [3.05, 3.63) is 45.4 Å². The fraction of sp³-hybridized carbons (Fsp3) is 0.467. The highest BCUT2D eigenvalue weighted by molar-refractivity contribution is 9.10. The zero-order valence-electron chi connectivity index (χ0n) is 11.2. The fourth-order valence-electron chi connectivity index (χ4n) is 1.88. The van der Waals surface area contributed by atoms with Gasteiger partial charge in [0.1, 0.15) is 0 Å². The lowest BCUT2D eigenvalue weighted by Gasteiger charge is -2.18. The Morgan fingerprint density at radius 3 is 2.65 bits per heavy atom. The maximum Gasteiger partial charge on any atom is 0.0511 e. The summed E-state index contributed by atoms with van der Waals surface area (Å²) in [7, 11) is 0. The van der Waals surface area contributed by atoms with E-state index in [1.54, 1.807) is 0 Å². The number of nitrogens with one attached hydrogen (secondary N) is 1. The van der Waals surface area contributed by atoms with Gasteiger partial charge in [0.15, 0.2) is 0 Å². The highest BCUT2D eigenvalue weighted by atomic mass is 79.9. The lowest BCUT2D eigenvalue weighted by atomic mass is 9.99. The van der Waals surface area contributed by atoms with E-state index < -0.39 is 0 Å². The average molecular weight is 296 g/mol. The van der Waals surface area contributed by atoms with Gasteiger partial charge in [-0.2, -0.15) is 0 Å². The second kappa shape index (κ2) is 6.97. The van der Waals surface area contributed by atoms with Crippen LogP contribution in [0.3, 0.4) is 0 Å². The lowest BCUT2D eigenvalue weighted by Crippen LogP contribution is -2.21. The molecule has 0 amide bonds. The Balaban J connectivity index is 2.99. The summed E-state index contributed by atoms with van der Waals surface area (Å²) in [5.74, 6) is 0. The molecule has 1 unspecified atom stereocenters. The van der Waals surface area contributed by atoms with Gasteiger partial charge >= 0.3 is 0 Å². The van der Waals surface area contributed by atoms with E-state index in [1.807, 2.05) is 0 Å². The standard InChI is InChI=1S/C15H22BrN/c1-5-8-17-15(9-11(2)3)14-7-6-13(16)10-12(14)4/h6-7,9-10,15,17H,5,8H2,1-4H3. The van der Waals surface area contributed by atoms with Gasteiger partial charge in [0.25, 0.3) is 0 Å². The first kappa shape index (κ1) is 14.5. The third-order valence-corrected chi connectivity index (χ3v) is 3.17. The van der Waals surface area contributed by atoms with Gasteiger partial charge in [-0.05, 0) is 57.0 Å². The lowest BCUT2D eigenvalue weighted by molar-refractivity contribution is 0.608. The van der Waals surface area contributed by atoms with Gasteiger partial charge in [0.2, 0.25) is 0 Å². The molecule has 94 valence electrons. The molecular formula is C15H22BrN. The first-order valence-corrected chi connectivity index (χ1v) is 6.98. The van der Waals surface area contributed by atoms with Crippen LogP contribution >= 0.6 is 15.9 Å². The number of allylic oxidation sites excluding steroid dienone is 1. The van der Waals surface area contributed by atoms with Crippen LogP contribution in [0.5, 0.6) is 0 Å². The minimum absolute atomic E-state index is 0.327. The highest BCUT2D eigenvalue weighted by Crippen LogP contribution is 2.23. The molecule has 1 aromatic carbocycles. The van der Waals surface area contributed by atoms with E-state index in [0.29, 0.717) is 6.04 Å². The van der Waals surface area contributed by atoms with E-state index in [2.05, 4.69) is 73.2 Å². The molecule has 1 rings (SSSR count). The zero-order valence-corrected chi connectivity index (χ0v) is 12.8. The van der Waals surface area contributed by atoms with Crippen LogP contribution < -0.4 is 5.32 Å². The smallest absolute Gasteiger partial charge is 0.0511 e. The Labute approximate surface area is 113 Å². The van der Waals surface area contributed by atoms with Crippen molar-refractivity contribution in [1.29, 1.82) is 0 Å². The molecule has 0 aromatic heterocycles. The molecule has 2 heteroatoms. The summed E-state index contributed by atoms with van der Waals surface area (Å²) in [5, 5.41) is 3.59. The molecule has 17 heavy (non-hydrogen) atoms. The van der Waals surface area contributed by atoms with E-state index in [1.165, 1.54) is 16.7 Å². The Bertz CT molecular complexity index is 392. The van der Waals surface area contributed by atoms with Crippen molar-refractivity contribution in [3.8, 4) is 0 Å². The predicted octanol–water partition coefficient (Wildman–Crippen LogP) is 4.76. The molecule has 1 aromatic rings. The summed E-state index contributed by atoms with van der Waals surface area (Å²) in [6.45, 7) is 9.70. The normalized spacial score (nSPS) is 12.3. The van der Waals surface area contributed by atoms with Gasteiger partial charge in [0.05, 0.1) is 6.04 Å². The fourth-order valence-corrected chi connectivity index (χ4v) is 2.36. The summed E-state index contributed by atoms with van der Waals surface area (Å²) in [5.41, 5.74) is 4.04. The van der Waals surface area contributed by atoms with Gasteiger partial charge in [-0.3, -0.25) is 0 Å². The van der Waals surface area contributed by atoms with Crippen molar-refractivity contribution in [3.63, 3.8) is 0 Å². The maximum absolute atomic E-state index is 3.59. The van der Waals surface area contributed by atoms with Crippen LogP contribution in [0.4, 0.5) is 0 Å². The molecular weight excluding hydrogens is 274 g/mol. The number of benzene rings is 1. The van der Waals surface area contributed by atoms with Crippen molar-refractivity contribution >= 4 is 15.9 Å². The first-order valence-electron chi connectivity index (χ1n) is 6.19. The first-order chi connectivity index (χ1) is 8.04. The van der Waals surface area contributed by atoms with Crippen LogP contribution in [-0.2, 0) is 0 Å². The minimum Gasteiger partial charge on any atom is -0.307 e. The topological polar surface area (TPSA) is 12.0 Å². The Hall–Kier alpha value is -0.600. The molecule has 0 aliphatic rings. The molecule has 0 bridgehead atoms.